The number of rotatable bonds is 8. The van der Waals surface area contributed by atoms with Gasteiger partial charge in [0.15, 0.2) is 5.82 Å². The van der Waals surface area contributed by atoms with Gasteiger partial charge < -0.3 is 20.4 Å². The normalized spacial score (nSPS) is 15.3. The number of para-hydroxylation sites is 1. The van der Waals surface area contributed by atoms with Crippen molar-refractivity contribution in [1.29, 1.82) is 0 Å². The van der Waals surface area contributed by atoms with Crippen molar-refractivity contribution in [2.24, 2.45) is 7.05 Å². The molecule has 2 aromatic carbocycles. The predicted octanol–water partition coefficient (Wildman–Crippen LogP) is 5.60. The number of nitrogens with zero attached hydrogens (tertiary/aromatic N) is 5. The number of halogens is 2. The zero-order valence-electron chi connectivity index (χ0n) is 23.4. The second-order valence-corrected chi connectivity index (χ2v) is 10.9. The summed E-state index contributed by atoms with van der Waals surface area (Å²) in [6, 6.07) is 11.8. The Bertz CT molecular complexity index is 1770. The third-order valence-electron chi connectivity index (χ3n) is 7.35. The smallest absolute Gasteiger partial charge is 0.238 e. The number of likely N-dealkylation sites (tertiary alicyclic amines) is 1. The number of aromatic nitrogens is 5. The second-order valence-electron chi connectivity index (χ2n) is 10.5. The highest BCUT2D eigenvalue weighted by atomic mass is 35.5. The van der Waals surface area contributed by atoms with Gasteiger partial charge in [0.05, 0.1) is 28.5 Å². The molecule has 0 saturated carbocycles. The van der Waals surface area contributed by atoms with E-state index in [0.29, 0.717) is 36.3 Å². The number of hydrogen-bond acceptors (Lipinski definition) is 7. The summed E-state index contributed by atoms with van der Waals surface area (Å²) in [5.41, 5.74) is 5.11. The van der Waals surface area contributed by atoms with Crippen LogP contribution in [0.15, 0.2) is 54.9 Å². The van der Waals surface area contributed by atoms with Crippen molar-refractivity contribution in [2.45, 2.75) is 26.4 Å². The fraction of sp³-hybridized carbons (Fsp3) is 0.267. The molecule has 1 amide bonds. The first-order valence-electron chi connectivity index (χ1n) is 13.6. The van der Waals surface area contributed by atoms with Crippen LogP contribution in [0.25, 0.3) is 22.2 Å². The molecule has 0 unspecified atom stereocenters. The molecule has 1 aliphatic rings. The molecule has 5 aromatic rings. The minimum absolute atomic E-state index is 0.130. The maximum Gasteiger partial charge on any atom is 0.238 e. The molecular formula is C30H30ClFN8O2. The summed E-state index contributed by atoms with van der Waals surface area (Å²) in [4.78, 5) is 27.6. The number of amides is 1. The lowest BCUT2D eigenvalue weighted by Crippen LogP contribution is -2.33. The van der Waals surface area contributed by atoms with E-state index < -0.39 is 5.82 Å². The number of benzene rings is 2. The van der Waals surface area contributed by atoms with E-state index in [0.717, 1.165) is 39.8 Å². The summed E-state index contributed by atoms with van der Waals surface area (Å²) in [6.45, 7) is 5.43. The van der Waals surface area contributed by atoms with Crippen LogP contribution in [0, 0.1) is 19.7 Å². The SMILES string of the molecule is Cc1cnc(Nc2cc(C)n(C)n2)nc1-c1c[nH]c2c(NC(=O)CN3CC[C@H](Oc4ccc(F)cc4Cl)C3)cccc12. The Labute approximate surface area is 246 Å². The molecular weight excluding hydrogens is 559 g/mol. The van der Waals surface area contributed by atoms with Crippen LogP contribution in [0.2, 0.25) is 5.02 Å². The molecule has 0 radical (unpaired) electrons. The first-order chi connectivity index (χ1) is 20.2. The minimum Gasteiger partial charge on any atom is -0.487 e. The standard InChI is InChI=1S/C30H30ClFN8O2/c1-17-13-34-30(36-26-11-18(2)39(3)38-26)37-28(17)22-14-33-29-21(22)5-4-6-24(29)35-27(41)16-40-10-9-20(15-40)42-25-8-7-19(32)12-23(25)31/h4-8,11-14,20,33H,9-10,15-16H2,1-3H3,(H,35,41)(H,34,36,37,38)/t20-/m0/s1. The van der Waals surface area contributed by atoms with Crippen LogP contribution in [-0.4, -0.2) is 61.3 Å². The van der Waals surface area contributed by atoms with Gasteiger partial charge in [0.25, 0.3) is 0 Å². The van der Waals surface area contributed by atoms with Crippen molar-refractivity contribution in [3.8, 4) is 17.0 Å². The lowest BCUT2D eigenvalue weighted by molar-refractivity contribution is -0.117. The molecule has 3 aromatic heterocycles. The van der Waals surface area contributed by atoms with Gasteiger partial charge in [0, 0.05) is 55.2 Å². The van der Waals surface area contributed by atoms with Gasteiger partial charge in [0.2, 0.25) is 11.9 Å². The monoisotopic (exact) mass is 588 g/mol. The quantitative estimate of drug-likeness (QED) is 0.216. The van der Waals surface area contributed by atoms with Crippen LogP contribution in [0.1, 0.15) is 17.7 Å². The number of hydrogen-bond donors (Lipinski definition) is 3. The average Bonchev–Trinajstić information content (AvgIpc) is 3.66. The summed E-state index contributed by atoms with van der Waals surface area (Å²) in [5, 5.41) is 11.8. The zero-order chi connectivity index (χ0) is 29.4. The van der Waals surface area contributed by atoms with Crippen molar-refractivity contribution < 1.29 is 13.9 Å². The van der Waals surface area contributed by atoms with E-state index in [1.807, 2.05) is 56.3 Å². The van der Waals surface area contributed by atoms with E-state index in [-0.39, 0.29) is 23.6 Å². The average molecular weight is 589 g/mol. The number of carbonyl (C=O) groups is 1. The third kappa shape index (κ3) is 5.79. The fourth-order valence-electron chi connectivity index (χ4n) is 5.15. The third-order valence-corrected chi connectivity index (χ3v) is 7.65. The molecule has 1 saturated heterocycles. The highest BCUT2D eigenvalue weighted by molar-refractivity contribution is 6.32. The van der Waals surface area contributed by atoms with E-state index in [4.69, 9.17) is 21.3 Å². The van der Waals surface area contributed by atoms with Gasteiger partial charge in [-0.2, -0.15) is 5.10 Å². The molecule has 3 N–H and O–H groups in total. The Hall–Kier alpha value is -4.48. The van der Waals surface area contributed by atoms with Crippen LogP contribution in [0.5, 0.6) is 5.75 Å². The van der Waals surface area contributed by atoms with Gasteiger partial charge in [0.1, 0.15) is 17.7 Å². The number of H-pyrrole nitrogens is 1. The number of anilines is 3. The largest absolute Gasteiger partial charge is 0.487 e. The molecule has 0 bridgehead atoms. The Balaban J connectivity index is 1.14. The molecule has 12 heteroatoms. The highest BCUT2D eigenvalue weighted by Gasteiger charge is 2.26. The van der Waals surface area contributed by atoms with Gasteiger partial charge in [-0.25, -0.2) is 14.4 Å². The van der Waals surface area contributed by atoms with Crippen LogP contribution >= 0.6 is 11.6 Å². The van der Waals surface area contributed by atoms with E-state index in [2.05, 4.69) is 25.7 Å². The maximum absolute atomic E-state index is 13.3. The second kappa shape index (κ2) is 11.4. The van der Waals surface area contributed by atoms with Gasteiger partial charge in [-0.15, -0.1) is 0 Å². The highest BCUT2D eigenvalue weighted by Crippen LogP contribution is 2.34. The van der Waals surface area contributed by atoms with Crippen molar-refractivity contribution in [2.75, 3.05) is 30.3 Å². The number of carbonyl (C=O) groups excluding carboxylic acids is 1. The van der Waals surface area contributed by atoms with Crippen molar-refractivity contribution in [3.05, 3.63) is 77.0 Å². The summed E-state index contributed by atoms with van der Waals surface area (Å²) in [7, 11) is 1.88. The van der Waals surface area contributed by atoms with Gasteiger partial charge >= 0.3 is 0 Å². The van der Waals surface area contributed by atoms with Gasteiger partial charge in [-0.1, -0.05) is 23.7 Å². The molecule has 10 nitrogen and oxygen atoms in total. The number of fused-ring (bicyclic) bond motifs is 1. The Morgan fingerprint density at radius 3 is 2.88 bits per heavy atom. The Morgan fingerprint density at radius 2 is 2.10 bits per heavy atom. The van der Waals surface area contributed by atoms with Crippen LogP contribution in [0.3, 0.4) is 0 Å². The molecule has 6 rings (SSSR count). The van der Waals surface area contributed by atoms with Crippen LogP contribution in [-0.2, 0) is 11.8 Å². The Morgan fingerprint density at radius 1 is 1.24 bits per heavy atom. The maximum atomic E-state index is 13.3. The predicted molar refractivity (Wildman–Crippen MR) is 161 cm³/mol. The van der Waals surface area contributed by atoms with Crippen molar-refractivity contribution >= 4 is 45.9 Å². The minimum atomic E-state index is -0.411. The van der Waals surface area contributed by atoms with Crippen molar-refractivity contribution in [3.63, 3.8) is 0 Å². The van der Waals surface area contributed by atoms with Gasteiger partial charge in [-0.3, -0.25) is 14.4 Å². The molecule has 0 aliphatic carbocycles. The fourth-order valence-corrected chi connectivity index (χ4v) is 5.36. The lowest BCUT2D eigenvalue weighted by atomic mass is 10.1. The van der Waals surface area contributed by atoms with Crippen molar-refractivity contribution in [1.82, 2.24) is 29.6 Å². The molecule has 4 heterocycles. The number of aryl methyl sites for hydroxylation is 3. The van der Waals surface area contributed by atoms with E-state index in [9.17, 15) is 9.18 Å². The topological polar surface area (TPSA) is 113 Å². The molecule has 1 atom stereocenters. The van der Waals surface area contributed by atoms with Gasteiger partial charge in [-0.05, 0) is 50.1 Å². The Kier molecular flexibility index (Phi) is 7.53. The van der Waals surface area contributed by atoms with E-state index in [1.54, 1.807) is 10.9 Å². The van der Waals surface area contributed by atoms with E-state index >= 15 is 0 Å². The van der Waals surface area contributed by atoms with E-state index in [1.165, 1.54) is 18.2 Å². The zero-order valence-corrected chi connectivity index (χ0v) is 24.2. The molecule has 216 valence electrons. The number of ether oxygens (including phenoxy) is 1. The van der Waals surface area contributed by atoms with Crippen LogP contribution in [0.4, 0.5) is 21.8 Å². The summed E-state index contributed by atoms with van der Waals surface area (Å²) >= 11 is 6.10. The molecule has 0 spiro atoms. The molecule has 1 fully saturated rings. The number of aromatic amines is 1. The lowest BCUT2D eigenvalue weighted by Gasteiger charge is -2.17. The summed E-state index contributed by atoms with van der Waals surface area (Å²) < 4.78 is 21.1. The van der Waals surface area contributed by atoms with Crippen LogP contribution < -0.4 is 15.4 Å². The molecule has 42 heavy (non-hydrogen) atoms. The number of nitrogens with one attached hydrogen (secondary N) is 3. The first-order valence-corrected chi connectivity index (χ1v) is 14.0. The summed E-state index contributed by atoms with van der Waals surface area (Å²) in [6.07, 6.45) is 4.29. The summed E-state index contributed by atoms with van der Waals surface area (Å²) in [5.74, 6) is 1.02. The molecule has 1 aliphatic heterocycles. The first kappa shape index (κ1) is 27.7.